The average Bonchev–Trinajstić information content (AvgIpc) is 2.37. The third kappa shape index (κ3) is 4.65. The molecule has 0 aliphatic rings. The molecule has 0 aliphatic heterocycles. The Morgan fingerprint density at radius 1 is 1.37 bits per heavy atom. The Labute approximate surface area is 119 Å². The van der Waals surface area contributed by atoms with E-state index in [1.165, 1.54) is 25.3 Å². The van der Waals surface area contributed by atoms with Crippen LogP contribution in [0.5, 0.6) is 5.75 Å². The number of hydrogen-bond acceptors (Lipinski definition) is 4. The molecule has 0 bridgehead atoms. The SMILES string of the molecule is CNCC(C)CNS(=O)(=O)c1ccc(OC)c(Cl)c1. The molecule has 1 unspecified atom stereocenters. The lowest BCUT2D eigenvalue weighted by Gasteiger charge is -2.13. The summed E-state index contributed by atoms with van der Waals surface area (Å²) in [5.41, 5.74) is 0. The van der Waals surface area contributed by atoms with Gasteiger partial charge in [-0.05, 0) is 37.7 Å². The summed E-state index contributed by atoms with van der Waals surface area (Å²) < 4.78 is 31.7. The van der Waals surface area contributed by atoms with E-state index in [0.29, 0.717) is 12.3 Å². The van der Waals surface area contributed by atoms with Crippen LogP contribution in [0, 0.1) is 5.92 Å². The predicted octanol–water partition coefficient (Wildman–Crippen LogP) is 1.48. The minimum Gasteiger partial charge on any atom is -0.495 e. The first-order valence-corrected chi connectivity index (χ1v) is 7.74. The maximum absolute atomic E-state index is 12.1. The first-order valence-electron chi connectivity index (χ1n) is 5.88. The fourth-order valence-electron chi connectivity index (χ4n) is 1.57. The first kappa shape index (κ1) is 16.2. The molecular weight excluding hydrogens is 288 g/mol. The highest BCUT2D eigenvalue weighted by atomic mass is 35.5. The van der Waals surface area contributed by atoms with Crippen LogP contribution in [-0.2, 0) is 10.0 Å². The van der Waals surface area contributed by atoms with E-state index in [-0.39, 0.29) is 15.8 Å². The summed E-state index contributed by atoms with van der Waals surface area (Å²) in [7, 11) is -0.232. The van der Waals surface area contributed by atoms with Gasteiger partial charge in [0, 0.05) is 6.54 Å². The van der Waals surface area contributed by atoms with Crippen molar-refractivity contribution in [2.75, 3.05) is 27.2 Å². The summed E-state index contributed by atoms with van der Waals surface area (Å²) in [5, 5.41) is 3.27. The molecule has 0 aromatic heterocycles. The van der Waals surface area contributed by atoms with Gasteiger partial charge in [0.15, 0.2) is 0 Å². The molecular formula is C12H19ClN2O3S. The van der Waals surface area contributed by atoms with Crippen molar-refractivity contribution >= 4 is 21.6 Å². The van der Waals surface area contributed by atoms with Crippen LogP contribution < -0.4 is 14.8 Å². The molecule has 19 heavy (non-hydrogen) atoms. The molecule has 0 heterocycles. The molecule has 1 atom stereocenters. The van der Waals surface area contributed by atoms with Crippen LogP contribution in [0.15, 0.2) is 23.1 Å². The Morgan fingerprint density at radius 3 is 2.58 bits per heavy atom. The van der Waals surface area contributed by atoms with E-state index in [1.807, 2.05) is 14.0 Å². The maximum Gasteiger partial charge on any atom is 0.240 e. The normalized spacial score (nSPS) is 13.3. The number of nitrogens with one attached hydrogen (secondary N) is 2. The molecule has 0 saturated heterocycles. The third-order valence-corrected chi connectivity index (χ3v) is 4.32. The second-order valence-corrected chi connectivity index (χ2v) is 6.49. The summed E-state index contributed by atoms with van der Waals surface area (Å²) in [5.74, 6) is 0.651. The minimum absolute atomic E-state index is 0.134. The lowest BCUT2D eigenvalue weighted by Crippen LogP contribution is -2.32. The van der Waals surface area contributed by atoms with Crippen LogP contribution in [0.1, 0.15) is 6.92 Å². The Morgan fingerprint density at radius 2 is 2.05 bits per heavy atom. The Kier molecular flexibility index (Phi) is 6.06. The number of hydrogen-bond donors (Lipinski definition) is 2. The summed E-state index contributed by atoms with van der Waals surface area (Å²) in [6.45, 7) is 3.07. The van der Waals surface area contributed by atoms with Crippen LogP contribution in [-0.4, -0.2) is 35.7 Å². The van der Waals surface area contributed by atoms with Crippen molar-refractivity contribution in [3.05, 3.63) is 23.2 Å². The quantitative estimate of drug-likeness (QED) is 0.801. The predicted molar refractivity (Wildman–Crippen MR) is 76.3 cm³/mol. The highest BCUT2D eigenvalue weighted by molar-refractivity contribution is 7.89. The maximum atomic E-state index is 12.1. The van der Waals surface area contributed by atoms with Gasteiger partial charge >= 0.3 is 0 Å². The molecule has 2 N–H and O–H groups in total. The molecule has 1 aromatic carbocycles. The van der Waals surface area contributed by atoms with E-state index in [9.17, 15) is 8.42 Å². The molecule has 0 fully saturated rings. The zero-order valence-electron chi connectivity index (χ0n) is 11.2. The van der Waals surface area contributed by atoms with Crippen LogP contribution in [0.3, 0.4) is 0 Å². The largest absolute Gasteiger partial charge is 0.495 e. The van der Waals surface area contributed by atoms with Crippen LogP contribution in [0.4, 0.5) is 0 Å². The van der Waals surface area contributed by atoms with Gasteiger partial charge in [0.25, 0.3) is 0 Å². The molecule has 0 aliphatic carbocycles. The topological polar surface area (TPSA) is 67.4 Å². The smallest absolute Gasteiger partial charge is 0.240 e. The van der Waals surface area contributed by atoms with Crippen molar-refractivity contribution in [3.63, 3.8) is 0 Å². The number of rotatable bonds is 7. The fraction of sp³-hybridized carbons (Fsp3) is 0.500. The van der Waals surface area contributed by atoms with Gasteiger partial charge in [0.1, 0.15) is 5.75 Å². The molecule has 1 aromatic rings. The Balaban J connectivity index is 2.80. The van der Waals surface area contributed by atoms with Gasteiger partial charge in [-0.3, -0.25) is 0 Å². The standard InChI is InChI=1S/C12H19ClN2O3S/c1-9(7-14-2)8-15-19(16,17)10-4-5-12(18-3)11(13)6-10/h4-6,9,14-15H,7-8H2,1-3H3. The van der Waals surface area contributed by atoms with Crippen molar-refractivity contribution in [3.8, 4) is 5.75 Å². The highest BCUT2D eigenvalue weighted by Gasteiger charge is 2.16. The lowest BCUT2D eigenvalue weighted by atomic mass is 10.2. The molecule has 7 heteroatoms. The summed E-state index contributed by atoms with van der Waals surface area (Å²) in [6.07, 6.45) is 0. The third-order valence-electron chi connectivity index (χ3n) is 2.61. The number of halogens is 1. The molecule has 5 nitrogen and oxygen atoms in total. The highest BCUT2D eigenvalue weighted by Crippen LogP contribution is 2.26. The lowest BCUT2D eigenvalue weighted by molar-refractivity contribution is 0.414. The monoisotopic (exact) mass is 306 g/mol. The van der Waals surface area contributed by atoms with E-state index < -0.39 is 10.0 Å². The number of ether oxygens (including phenoxy) is 1. The summed E-state index contributed by atoms with van der Waals surface area (Å²) in [6, 6.07) is 4.38. The van der Waals surface area contributed by atoms with Crippen LogP contribution in [0.25, 0.3) is 0 Å². The zero-order chi connectivity index (χ0) is 14.5. The molecule has 0 radical (unpaired) electrons. The van der Waals surface area contributed by atoms with Crippen LogP contribution >= 0.6 is 11.6 Å². The number of methoxy groups -OCH3 is 1. The first-order chi connectivity index (χ1) is 8.90. The van der Waals surface area contributed by atoms with Crippen molar-refractivity contribution in [2.24, 2.45) is 5.92 Å². The van der Waals surface area contributed by atoms with Gasteiger partial charge in [-0.2, -0.15) is 0 Å². The van der Waals surface area contributed by atoms with Gasteiger partial charge in [0.05, 0.1) is 17.0 Å². The molecule has 0 saturated carbocycles. The van der Waals surface area contributed by atoms with E-state index in [2.05, 4.69) is 10.0 Å². The zero-order valence-corrected chi connectivity index (χ0v) is 12.8. The fourth-order valence-corrected chi connectivity index (χ4v) is 3.08. The van der Waals surface area contributed by atoms with Gasteiger partial charge in [-0.1, -0.05) is 18.5 Å². The molecule has 108 valence electrons. The number of sulfonamides is 1. The van der Waals surface area contributed by atoms with E-state index in [4.69, 9.17) is 16.3 Å². The van der Waals surface area contributed by atoms with Crippen molar-refractivity contribution in [1.29, 1.82) is 0 Å². The van der Waals surface area contributed by atoms with E-state index >= 15 is 0 Å². The summed E-state index contributed by atoms with van der Waals surface area (Å²) >= 11 is 5.92. The second kappa shape index (κ2) is 7.09. The minimum atomic E-state index is -3.54. The Hall–Kier alpha value is -0.820. The average molecular weight is 307 g/mol. The van der Waals surface area contributed by atoms with Crippen molar-refractivity contribution < 1.29 is 13.2 Å². The van der Waals surface area contributed by atoms with Gasteiger partial charge in [-0.15, -0.1) is 0 Å². The van der Waals surface area contributed by atoms with Crippen molar-refractivity contribution in [2.45, 2.75) is 11.8 Å². The van der Waals surface area contributed by atoms with E-state index in [1.54, 1.807) is 0 Å². The molecule has 1 rings (SSSR count). The van der Waals surface area contributed by atoms with Crippen LogP contribution in [0.2, 0.25) is 5.02 Å². The van der Waals surface area contributed by atoms with Crippen molar-refractivity contribution in [1.82, 2.24) is 10.0 Å². The molecule has 0 spiro atoms. The van der Waals surface area contributed by atoms with Gasteiger partial charge in [-0.25, -0.2) is 13.1 Å². The van der Waals surface area contributed by atoms with Gasteiger partial charge in [0.2, 0.25) is 10.0 Å². The van der Waals surface area contributed by atoms with Gasteiger partial charge < -0.3 is 10.1 Å². The van der Waals surface area contributed by atoms with E-state index in [0.717, 1.165) is 6.54 Å². The number of benzene rings is 1. The molecule has 0 amide bonds. The second-order valence-electron chi connectivity index (χ2n) is 4.31. The summed E-state index contributed by atoms with van der Waals surface area (Å²) in [4.78, 5) is 0.134. The Bertz CT molecular complexity index is 520.